The molecule has 1 N–H and O–H groups in total. The number of ether oxygens (including phenoxy) is 1. The Bertz CT molecular complexity index is 742. The van der Waals surface area contributed by atoms with Crippen LogP contribution < -0.4 is 10.1 Å². The second kappa shape index (κ2) is 7.40. The molecule has 23 heavy (non-hydrogen) atoms. The van der Waals surface area contributed by atoms with E-state index >= 15 is 0 Å². The van der Waals surface area contributed by atoms with E-state index in [0.717, 1.165) is 23.4 Å². The maximum Gasteiger partial charge on any atom is 0.243 e. The first-order valence-electron chi connectivity index (χ1n) is 7.61. The fourth-order valence-electron chi connectivity index (χ4n) is 2.21. The van der Waals surface area contributed by atoms with Crippen LogP contribution in [0.3, 0.4) is 0 Å². The van der Waals surface area contributed by atoms with Crippen molar-refractivity contribution in [2.24, 2.45) is 0 Å². The van der Waals surface area contributed by atoms with Crippen LogP contribution >= 0.6 is 0 Å². The van der Waals surface area contributed by atoms with Crippen molar-refractivity contribution in [3.05, 3.63) is 65.7 Å². The van der Waals surface area contributed by atoms with E-state index < -0.39 is 0 Å². The van der Waals surface area contributed by atoms with Crippen molar-refractivity contribution in [2.45, 2.75) is 26.6 Å². The molecule has 3 rings (SSSR count). The molecule has 0 saturated carbocycles. The third kappa shape index (κ3) is 4.06. The third-order valence-electron chi connectivity index (χ3n) is 3.43. The van der Waals surface area contributed by atoms with Crippen LogP contribution in [-0.4, -0.2) is 20.2 Å². The summed E-state index contributed by atoms with van der Waals surface area (Å²) in [6, 6.07) is 18.1. The summed E-state index contributed by atoms with van der Waals surface area (Å²) in [5.41, 5.74) is 2.26. The van der Waals surface area contributed by atoms with Gasteiger partial charge < -0.3 is 10.1 Å². The van der Waals surface area contributed by atoms with Gasteiger partial charge in [0.05, 0.1) is 0 Å². The number of hydrogen-bond donors (Lipinski definition) is 1. The van der Waals surface area contributed by atoms with Gasteiger partial charge in [0.2, 0.25) is 5.95 Å². The average Bonchev–Trinajstić information content (AvgIpc) is 3.07. The van der Waals surface area contributed by atoms with Crippen LogP contribution in [-0.2, 0) is 19.7 Å². The van der Waals surface area contributed by atoms with Gasteiger partial charge in [-0.15, -0.1) is 0 Å². The monoisotopic (exact) mass is 309 g/mol. The maximum atomic E-state index is 5.84. The first-order chi connectivity index (χ1) is 11.3. The Morgan fingerprint density at radius 1 is 1.04 bits per heavy atom. The van der Waals surface area contributed by atoms with Crippen molar-refractivity contribution >= 4 is 5.95 Å². The second-order valence-corrected chi connectivity index (χ2v) is 5.09. The number of nitrogens with one attached hydrogen (secondary N) is 1. The molecule has 0 aliphatic carbocycles. The van der Waals surface area contributed by atoms with Crippen molar-refractivity contribution in [2.75, 3.05) is 5.32 Å². The number of hydrogen-bond acceptors (Lipinski definition) is 5. The molecule has 3 aromatic rings. The van der Waals surface area contributed by atoms with Crippen molar-refractivity contribution in [1.82, 2.24) is 20.2 Å². The first kappa shape index (κ1) is 15.0. The second-order valence-electron chi connectivity index (χ2n) is 5.09. The zero-order valence-corrected chi connectivity index (χ0v) is 13.0. The lowest BCUT2D eigenvalue weighted by atomic mass is 10.2. The van der Waals surface area contributed by atoms with Gasteiger partial charge in [-0.2, -0.15) is 0 Å². The van der Waals surface area contributed by atoms with Gasteiger partial charge in [-0.3, -0.25) is 0 Å². The molecule has 1 heterocycles. The standard InChI is InChI=1S/C17H19N5O/c1-2-22-17(19-20-21-22)18-12-15-9-6-10-16(11-15)23-13-14-7-4-3-5-8-14/h3-11H,2,12-13H2,1H3,(H,18,19,21). The number of benzene rings is 2. The van der Waals surface area contributed by atoms with E-state index in [1.165, 1.54) is 0 Å². The number of anilines is 1. The molecular formula is C17H19N5O. The molecule has 0 saturated heterocycles. The number of tetrazole rings is 1. The highest BCUT2D eigenvalue weighted by molar-refractivity contribution is 5.32. The summed E-state index contributed by atoms with van der Waals surface area (Å²) in [6.07, 6.45) is 0. The van der Waals surface area contributed by atoms with Gasteiger partial charge in [-0.1, -0.05) is 47.6 Å². The van der Waals surface area contributed by atoms with Crippen molar-refractivity contribution in [3.8, 4) is 5.75 Å². The largest absolute Gasteiger partial charge is 0.489 e. The number of aromatic nitrogens is 4. The van der Waals surface area contributed by atoms with Crippen LogP contribution in [0.4, 0.5) is 5.95 Å². The fraction of sp³-hybridized carbons (Fsp3) is 0.235. The Labute approximate surface area is 135 Å². The lowest BCUT2D eigenvalue weighted by Crippen LogP contribution is -2.08. The smallest absolute Gasteiger partial charge is 0.243 e. The Balaban J connectivity index is 1.59. The minimum absolute atomic E-state index is 0.561. The number of nitrogens with zero attached hydrogens (tertiary/aromatic N) is 4. The number of rotatable bonds is 7. The van der Waals surface area contributed by atoms with Crippen LogP contribution in [0.25, 0.3) is 0 Å². The molecule has 0 radical (unpaired) electrons. The van der Waals surface area contributed by atoms with Gasteiger partial charge in [0.15, 0.2) is 0 Å². The topological polar surface area (TPSA) is 64.9 Å². The molecule has 0 aliphatic rings. The maximum absolute atomic E-state index is 5.84. The Hall–Kier alpha value is -2.89. The summed E-state index contributed by atoms with van der Waals surface area (Å²) in [7, 11) is 0. The molecule has 1 aromatic heterocycles. The predicted molar refractivity (Wildman–Crippen MR) is 88.0 cm³/mol. The summed E-state index contributed by atoms with van der Waals surface area (Å²) < 4.78 is 7.56. The molecule has 6 heteroatoms. The molecule has 0 fully saturated rings. The molecule has 118 valence electrons. The molecule has 0 bridgehead atoms. The van der Waals surface area contributed by atoms with E-state index in [1.54, 1.807) is 4.68 Å². The highest BCUT2D eigenvalue weighted by Crippen LogP contribution is 2.16. The van der Waals surface area contributed by atoms with Gasteiger partial charge in [0.1, 0.15) is 12.4 Å². The predicted octanol–water partition coefficient (Wildman–Crippen LogP) is 2.88. The van der Waals surface area contributed by atoms with Crippen LogP contribution in [0.1, 0.15) is 18.1 Å². The molecule has 0 spiro atoms. The highest BCUT2D eigenvalue weighted by Gasteiger charge is 2.04. The molecule has 0 aliphatic heterocycles. The van der Waals surface area contributed by atoms with Crippen molar-refractivity contribution in [1.29, 1.82) is 0 Å². The Morgan fingerprint density at radius 2 is 1.87 bits per heavy atom. The minimum Gasteiger partial charge on any atom is -0.489 e. The average molecular weight is 309 g/mol. The quantitative estimate of drug-likeness (QED) is 0.727. The Morgan fingerprint density at radius 3 is 2.70 bits per heavy atom. The normalized spacial score (nSPS) is 10.5. The van der Waals surface area contributed by atoms with E-state index in [0.29, 0.717) is 19.1 Å². The summed E-state index contributed by atoms with van der Waals surface area (Å²) >= 11 is 0. The Kier molecular flexibility index (Phi) is 4.83. The zero-order chi connectivity index (χ0) is 15.9. The first-order valence-corrected chi connectivity index (χ1v) is 7.61. The van der Waals surface area contributed by atoms with Crippen LogP contribution in [0.5, 0.6) is 5.75 Å². The summed E-state index contributed by atoms with van der Waals surface area (Å²) in [6.45, 7) is 3.93. The molecule has 0 amide bonds. The van der Waals surface area contributed by atoms with E-state index in [4.69, 9.17) is 4.74 Å². The molecule has 0 unspecified atom stereocenters. The van der Waals surface area contributed by atoms with E-state index in [2.05, 4.69) is 33.0 Å². The third-order valence-corrected chi connectivity index (χ3v) is 3.43. The molecule has 2 aromatic carbocycles. The van der Waals surface area contributed by atoms with Gasteiger partial charge in [0, 0.05) is 13.1 Å². The van der Waals surface area contributed by atoms with Gasteiger partial charge in [-0.05, 0) is 40.6 Å². The summed E-state index contributed by atoms with van der Waals surface area (Å²) in [4.78, 5) is 0. The lowest BCUT2D eigenvalue weighted by molar-refractivity contribution is 0.306. The molecule has 0 atom stereocenters. The van der Waals surface area contributed by atoms with Gasteiger partial charge in [-0.25, -0.2) is 4.68 Å². The van der Waals surface area contributed by atoms with E-state index in [-0.39, 0.29) is 0 Å². The summed E-state index contributed by atoms with van der Waals surface area (Å²) in [5.74, 6) is 1.52. The van der Waals surface area contributed by atoms with Crippen LogP contribution in [0, 0.1) is 0 Å². The SMILES string of the molecule is CCn1nnnc1NCc1cccc(OCc2ccccc2)c1. The molecule has 6 nitrogen and oxygen atoms in total. The van der Waals surface area contributed by atoms with Crippen molar-refractivity contribution < 1.29 is 4.74 Å². The van der Waals surface area contributed by atoms with Crippen molar-refractivity contribution in [3.63, 3.8) is 0 Å². The fourth-order valence-corrected chi connectivity index (χ4v) is 2.21. The minimum atomic E-state index is 0.561. The van der Waals surface area contributed by atoms with Crippen LogP contribution in [0.15, 0.2) is 54.6 Å². The van der Waals surface area contributed by atoms with Crippen LogP contribution in [0.2, 0.25) is 0 Å². The van der Waals surface area contributed by atoms with Gasteiger partial charge in [0.25, 0.3) is 0 Å². The van der Waals surface area contributed by atoms with E-state index in [1.807, 2.05) is 49.4 Å². The zero-order valence-electron chi connectivity index (χ0n) is 13.0. The van der Waals surface area contributed by atoms with E-state index in [9.17, 15) is 0 Å². The summed E-state index contributed by atoms with van der Waals surface area (Å²) in [5, 5.41) is 14.8. The number of aryl methyl sites for hydroxylation is 1. The lowest BCUT2D eigenvalue weighted by Gasteiger charge is -2.09. The molecular weight excluding hydrogens is 290 g/mol. The van der Waals surface area contributed by atoms with Gasteiger partial charge >= 0.3 is 0 Å². The highest BCUT2D eigenvalue weighted by atomic mass is 16.5.